The molecule has 0 bridgehead atoms. The lowest BCUT2D eigenvalue weighted by Gasteiger charge is -2.35. The molecule has 6 N–H and O–H groups in total. The van der Waals surface area contributed by atoms with Gasteiger partial charge in [-0.05, 0) is 95.4 Å². The fraction of sp³-hybridized carbons (Fsp3) is 0.453. The molecule has 21 nitrogen and oxygen atoms in total. The summed E-state index contributed by atoms with van der Waals surface area (Å²) in [5.41, 5.74) is 16.5. The molecule has 0 unspecified atom stereocenters. The highest BCUT2D eigenvalue weighted by atomic mass is 32.2. The van der Waals surface area contributed by atoms with Crippen molar-refractivity contribution in [3.05, 3.63) is 133 Å². The van der Waals surface area contributed by atoms with E-state index in [1.165, 1.54) is 6.92 Å². The van der Waals surface area contributed by atoms with E-state index in [9.17, 15) is 15.0 Å². The van der Waals surface area contributed by atoms with Gasteiger partial charge >= 0.3 is 21.0 Å². The molecule has 2 aromatic carbocycles. The first-order valence-electron chi connectivity index (χ1n) is 30.3. The second-order valence-corrected chi connectivity index (χ2v) is 37.6. The number of ketones is 1. The van der Waals surface area contributed by atoms with Gasteiger partial charge in [-0.1, -0.05) is 126 Å². The molecule has 2 aliphatic rings. The van der Waals surface area contributed by atoms with E-state index in [1.807, 2.05) is 90.7 Å². The number of anilines is 2. The Kier molecular flexibility index (Phi) is 24.1. The average Bonchev–Trinajstić information content (AvgIpc) is 1.87. The van der Waals surface area contributed by atoms with Crippen LogP contribution in [0.5, 0.6) is 0 Å². The quantitative estimate of drug-likeness (QED) is 0.0205. The van der Waals surface area contributed by atoms with Crippen molar-refractivity contribution < 1.29 is 41.3 Å². The molecule has 0 amide bonds. The van der Waals surface area contributed by atoms with Gasteiger partial charge in [0.25, 0.3) is 0 Å². The highest BCUT2D eigenvalue weighted by molar-refractivity contribution is 7.60. The molecular weight excluding hydrogens is 1200 g/mol. The average molecular weight is 1290 g/mol. The fourth-order valence-corrected chi connectivity index (χ4v) is 12.5. The number of rotatable bonds is 20. The van der Waals surface area contributed by atoms with Crippen LogP contribution in [0.2, 0.25) is 51.4 Å². The van der Waals surface area contributed by atoms with Crippen molar-refractivity contribution in [1.82, 2.24) is 39.2 Å². The van der Waals surface area contributed by atoms with Crippen LogP contribution in [0.1, 0.15) is 119 Å². The van der Waals surface area contributed by atoms with E-state index in [2.05, 4.69) is 91.5 Å². The Morgan fingerprint density at radius 3 is 1.44 bits per heavy atom. The molecule has 25 heteroatoms. The summed E-state index contributed by atoms with van der Waals surface area (Å²) in [4.78, 5) is 34.5. The van der Waals surface area contributed by atoms with Gasteiger partial charge in [0.2, 0.25) is 0 Å². The maximum absolute atomic E-state index is 12.6. The molecule has 2 saturated carbocycles. The number of aliphatic hydroxyl groups is 2. The number of nitrogens with one attached hydrogen (secondary N) is 2. The third-order valence-corrected chi connectivity index (χ3v) is 20.0. The van der Waals surface area contributed by atoms with E-state index in [-0.39, 0.29) is 17.6 Å². The van der Waals surface area contributed by atoms with Crippen molar-refractivity contribution in [2.24, 2.45) is 0 Å². The van der Waals surface area contributed by atoms with Crippen molar-refractivity contribution in [2.45, 2.75) is 159 Å². The summed E-state index contributed by atoms with van der Waals surface area (Å²) < 4.78 is 61.8. The van der Waals surface area contributed by atoms with Crippen molar-refractivity contribution in [3.63, 3.8) is 0 Å². The van der Waals surface area contributed by atoms with E-state index >= 15 is 0 Å². The number of benzene rings is 2. The standard InChI is InChI=1S/C37H55N5O3Si2.C27H29N5O2.2HNO2S/c1-8-37(43)18-16-30(17-19-37)34-24-35(41(27-44-20-22-46(2,3)4)28-45-21-23-47(5,6)7)42-36(40-34)32(26-39-42)31-14-15-33(38-25-31)29-12-10-9-11-13-29;1-3-27(34)13-11-19(12-14-27)24-23(17(2)33)25(28)32-26(31-24)21(16-30-32)20-9-10-22(29-15-20)18-7-5-4-6-8-18;2*1-4(2)3/h9-15,24-26,30,43H,8,16-23,27-28H2,1-7H3;4-10,15-16,19,34H,3,11-14,28H2,1-2H3;2*1H. The maximum Gasteiger partial charge on any atom is 0.308 e. The second kappa shape index (κ2) is 31.0. The van der Waals surface area contributed by atoms with E-state index in [1.54, 1.807) is 10.7 Å². The Morgan fingerprint density at radius 2 is 1.04 bits per heavy atom. The Morgan fingerprint density at radius 1 is 0.629 bits per heavy atom. The first-order chi connectivity index (χ1) is 42.2. The van der Waals surface area contributed by atoms with Gasteiger partial charge in [-0.25, -0.2) is 9.97 Å². The molecule has 0 atom stereocenters. The SMILES string of the molecule is CCC1(O)CCC(c2cc(N(COCC[Si](C)(C)C)COCC[Si](C)(C)C)n3ncc(-c4ccc(-c5ccccc5)nc4)c3n2)CC1.CCC1(O)CCC(c2nc3c(-c4ccc(-c5ccccc5)nc4)cnn3c(N)c2C(C)=O)CC1.N=S(=O)=O.N=S(=O)=O. The van der Waals surface area contributed by atoms with Crippen LogP contribution in [0, 0.1) is 9.56 Å². The van der Waals surface area contributed by atoms with Crippen LogP contribution >= 0.6 is 0 Å². The van der Waals surface area contributed by atoms with Gasteiger partial charge in [-0.2, -0.15) is 45.6 Å². The molecule has 6 heterocycles. The number of hydrogen-bond donors (Lipinski definition) is 5. The molecule has 2 aliphatic carbocycles. The number of nitrogens with zero attached hydrogens (tertiary/aromatic N) is 9. The van der Waals surface area contributed by atoms with E-state index in [0.717, 1.165) is 139 Å². The third-order valence-electron chi connectivity index (χ3n) is 16.6. The fourth-order valence-electron chi connectivity index (χ4n) is 11.0. The molecule has 10 rings (SSSR count). The molecule has 89 heavy (non-hydrogen) atoms. The van der Waals surface area contributed by atoms with Crippen LogP contribution in [0.25, 0.3) is 56.1 Å². The number of Topliss-reactive ketones (excluding diaryl/α,β-unsaturated/α-hetero) is 1. The first-order valence-corrected chi connectivity index (χ1v) is 39.8. The number of ether oxygens (including phenoxy) is 2. The largest absolute Gasteiger partial charge is 0.390 e. The predicted molar refractivity (Wildman–Crippen MR) is 354 cm³/mol. The topological polar surface area (TPSA) is 307 Å². The molecule has 0 saturated heterocycles. The summed E-state index contributed by atoms with van der Waals surface area (Å²) in [6.07, 6.45) is 15.2. The Labute approximate surface area is 527 Å². The maximum atomic E-state index is 12.6. The minimum absolute atomic E-state index is 0.0688. The van der Waals surface area contributed by atoms with Crippen molar-refractivity contribution in [2.75, 3.05) is 37.3 Å². The Balaban J connectivity index is 0.000000235. The van der Waals surface area contributed by atoms with Crippen LogP contribution in [-0.4, -0.2) is 126 Å². The first kappa shape index (κ1) is 69.2. The number of aromatic nitrogens is 8. The van der Waals surface area contributed by atoms with Crippen molar-refractivity contribution >= 4 is 65.9 Å². The number of nitrogen functional groups attached to an aromatic ring is 1. The number of carbonyl (C=O) groups excluding carboxylic acids is 1. The highest BCUT2D eigenvalue weighted by Crippen LogP contribution is 2.43. The van der Waals surface area contributed by atoms with E-state index in [0.29, 0.717) is 49.0 Å². The lowest BCUT2D eigenvalue weighted by atomic mass is 9.75. The van der Waals surface area contributed by atoms with E-state index in [4.69, 9.17) is 61.7 Å². The lowest BCUT2D eigenvalue weighted by molar-refractivity contribution is -0.00486. The summed E-state index contributed by atoms with van der Waals surface area (Å²) in [6, 6.07) is 32.8. The summed E-state index contributed by atoms with van der Waals surface area (Å²) >= 11 is 0. The summed E-state index contributed by atoms with van der Waals surface area (Å²) in [5, 5.41) is 31.0. The van der Waals surface area contributed by atoms with Crippen LogP contribution < -0.4 is 10.6 Å². The van der Waals surface area contributed by atoms with Crippen molar-refractivity contribution in [3.8, 4) is 44.8 Å². The van der Waals surface area contributed by atoms with Gasteiger partial charge < -0.3 is 30.3 Å². The molecular formula is C64H86N12O9S2Si2. The van der Waals surface area contributed by atoms with Crippen LogP contribution in [0.4, 0.5) is 11.6 Å². The number of pyridine rings is 2. The monoisotopic (exact) mass is 1290 g/mol. The summed E-state index contributed by atoms with van der Waals surface area (Å²) in [5.74, 6) is 1.43. The van der Waals surface area contributed by atoms with Crippen LogP contribution in [0.3, 0.4) is 0 Å². The van der Waals surface area contributed by atoms with Gasteiger partial charge in [0.05, 0.1) is 46.2 Å². The number of nitrogens with two attached hydrogens (primary N) is 1. The molecule has 0 radical (unpaired) electrons. The zero-order valence-corrected chi connectivity index (χ0v) is 56.2. The van der Waals surface area contributed by atoms with Crippen LogP contribution in [-0.2, 0) is 30.5 Å². The minimum Gasteiger partial charge on any atom is -0.390 e. The van der Waals surface area contributed by atoms with Crippen molar-refractivity contribution in [1.29, 1.82) is 9.56 Å². The Hall–Kier alpha value is -7.24. The molecule has 6 aromatic heterocycles. The third kappa shape index (κ3) is 19.4. The van der Waals surface area contributed by atoms with Gasteiger partial charge in [0.1, 0.15) is 25.1 Å². The zero-order chi connectivity index (χ0) is 64.7. The van der Waals surface area contributed by atoms with Gasteiger partial charge in [0.15, 0.2) is 17.1 Å². The second-order valence-electron chi connectivity index (χ2n) is 25.4. The molecule has 476 valence electrons. The van der Waals surface area contributed by atoms with Gasteiger partial charge in [0, 0.05) is 98.7 Å². The van der Waals surface area contributed by atoms with Gasteiger partial charge in [-0.3, -0.25) is 14.8 Å². The molecule has 8 aromatic rings. The lowest BCUT2D eigenvalue weighted by Crippen LogP contribution is -2.34. The normalized spacial score (nSPS) is 18.4. The Bertz CT molecular complexity index is 3810. The van der Waals surface area contributed by atoms with E-state index < -0.39 is 48.4 Å². The zero-order valence-electron chi connectivity index (χ0n) is 52.6. The summed E-state index contributed by atoms with van der Waals surface area (Å²) in [6.45, 7) is 22.2. The minimum atomic E-state index is -2.61. The summed E-state index contributed by atoms with van der Waals surface area (Å²) in [7, 11) is -7.69. The smallest absolute Gasteiger partial charge is 0.308 e. The van der Waals surface area contributed by atoms with Gasteiger partial charge in [-0.15, -0.1) is 0 Å². The number of fused-ring (bicyclic) bond motifs is 2. The molecule has 2 fully saturated rings. The predicted octanol–water partition coefficient (Wildman–Crippen LogP) is 13.0. The van der Waals surface area contributed by atoms with Crippen LogP contribution in [0.15, 0.2) is 116 Å². The molecule has 0 spiro atoms. The number of hydrogen-bond acceptors (Lipinski definition) is 19. The highest BCUT2D eigenvalue weighted by Gasteiger charge is 2.36. The number of carbonyl (C=O) groups is 1. The molecule has 0 aliphatic heterocycles.